The highest BCUT2D eigenvalue weighted by Gasteiger charge is 2.20. The van der Waals surface area contributed by atoms with Crippen LogP contribution in [0.25, 0.3) is 10.2 Å². The van der Waals surface area contributed by atoms with E-state index in [9.17, 15) is 10.1 Å². The van der Waals surface area contributed by atoms with Crippen molar-refractivity contribution in [3.63, 3.8) is 0 Å². The summed E-state index contributed by atoms with van der Waals surface area (Å²) in [6.07, 6.45) is 2.58. The Kier molecular flexibility index (Phi) is 5.03. The summed E-state index contributed by atoms with van der Waals surface area (Å²) in [5.41, 5.74) is 2.54. The van der Waals surface area contributed by atoms with Gasteiger partial charge in [0.25, 0.3) is 0 Å². The second kappa shape index (κ2) is 6.97. The highest BCUT2D eigenvalue weighted by Crippen LogP contribution is 2.34. The molecular formula is C13H15N3O3S. The Morgan fingerprint density at radius 1 is 1.50 bits per heavy atom. The molecule has 1 heterocycles. The molecule has 0 aliphatic heterocycles. The number of anilines is 1. The normalized spacial score (nSPS) is 10.6. The van der Waals surface area contributed by atoms with Crippen molar-refractivity contribution in [1.29, 1.82) is 0 Å². The molecular weight excluding hydrogens is 278 g/mol. The maximum absolute atomic E-state index is 11.2. The predicted molar refractivity (Wildman–Crippen MR) is 80.4 cm³/mol. The average Bonchev–Trinajstić information content (AvgIpc) is 2.90. The number of aromatic nitrogens is 1. The fourth-order valence-electron chi connectivity index (χ4n) is 1.77. The monoisotopic (exact) mass is 293 g/mol. The van der Waals surface area contributed by atoms with Gasteiger partial charge in [-0.25, -0.2) is 4.98 Å². The lowest BCUT2D eigenvalue weighted by molar-refractivity contribution is -0.382. The van der Waals surface area contributed by atoms with Crippen LogP contribution in [0.4, 0.5) is 11.4 Å². The van der Waals surface area contributed by atoms with E-state index in [1.807, 2.05) is 6.07 Å². The Bertz CT molecular complexity index is 612. The summed E-state index contributed by atoms with van der Waals surface area (Å²) in [4.78, 5) is 14.9. The molecule has 1 aromatic carbocycles. The molecule has 1 aromatic heterocycles. The molecule has 0 amide bonds. The fourth-order valence-corrected chi connectivity index (χ4v) is 2.45. The number of nitrogens with zero attached hydrogens (tertiary/aromatic N) is 2. The minimum atomic E-state index is -0.400. The minimum Gasteiger partial charge on any atom is -0.379 e. The minimum absolute atomic E-state index is 0.0230. The van der Waals surface area contributed by atoms with Crippen molar-refractivity contribution in [2.45, 2.75) is 6.42 Å². The van der Waals surface area contributed by atoms with Gasteiger partial charge in [0.2, 0.25) is 0 Å². The molecule has 0 spiro atoms. The number of nitrogens with one attached hydrogen (secondary N) is 1. The number of fused-ring (bicyclic) bond motifs is 1. The zero-order valence-electron chi connectivity index (χ0n) is 10.9. The van der Waals surface area contributed by atoms with Gasteiger partial charge in [0, 0.05) is 6.54 Å². The van der Waals surface area contributed by atoms with Gasteiger partial charge in [-0.2, -0.15) is 0 Å². The largest absolute Gasteiger partial charge is 0.379 e. The smallest absolute Gasteiger partial charge is 0.319 e. The molecule has 0 bridgehead atoms. The van der Waals surface area contributed by atoms with Gasteiger partial charge in [0.1, 0.15) is 5.69 Å². The summed E-state index contributed by atoms with van der Waals surface area (Å²) in [7, 11) is 0. The van der Waals surface area contributed by atoms with Crippen molar-refractivity contribution >= 4 is 32.9 Å². The van der Waals surface area contributed by atoms with E-state index in [0.29, 0.717) is 31.0 Å². The van der Waals surface area contributed by atoms with Gasteiger partial charge in [-0.15, -0.1) is 17.9 Å². The number of ether oxygens (including phenoxy) is 1. The van der Waals surface area contributed by atoms with E-state index in [0.717, 1.165) is 11.1 Å². The second-order valence-corrected chi connectivity index (χ2v) is 4.92. The first kappa shape index (κ1) is 14.4. The molecule has 0 saturated carbocycles. The maximum atomic E-state index is 11.2. The van der Waals surface area contributed by atoms with Crippen LogP contribution in [0.3, 0.4) is 0 Å². The van der Waals surface area contributed by atoms with Crippen LogP contribution in [0.2, 0.25) is 0 Å². The van der Waals surface area contributed by atoms with Crippen molar-refractivity contribution < 1.29 is 9.66 Å². The van der Waals surface area contributed by atoms with E-state index in [1.165, 1.54) is 11.3 Å². The van der Waals surface area contributed by atoms with E-state index in [4.69, 9.17) is 4.74 Å². The van der Waals surface area contributed by atoms with Crippen LogP contribution in [0, 0.1) is 10.1 Å². The number of nitro benzene ring substituents is 1. The Morgan fingerprint density at radius 2 is 2.35 bits per heavy atom. The molecule has 2 rings (SSSR count). The van der Waals surface area contributed by atoms with Crippen LogP contribution >= 0.6 is 11.3 Å². The molecule has 0 fully saturated rings. The Balaban J connectivity index is 2.03. The molecule has 2 aromatic rings. The molecule has 106 valence electrons. The molecule has 0 unspecified atom stereocenters. The Labute approximate surface area is 120 Å². The predicted octanol–water partition coefficient (Wildman–Crippen LogP) is 3.21. The van der Waals surface area contributed by atoms with Crippen LogP contribution in [0.5, 0.6) is 0 Å². The third-order valence-corrected chi connectivity index (χ3v) is 3.48. The second-order valence-electron chi connectivity index (χ2n) is 4.03. The van der Waals surface area contributed by atoms with Crippen LogP contribution in [-0.4, -0.2) is 29.7 Å². The van der Waals surface area contributed by atoms with Crippen molar-refractivity contribution in [3.8, 4) is 0 Å². The number of nitro groups is 1. The highest BCUT2D eigenvalue weighted by molar-refractivity contribution is 7.16. The number of hydrogen-bond donors (Lipinski definition) is 1. The van der Waals surface area contributed by atoms with Crippen LogP contribution < -0.4 is 5.32 Å². The first-order chi connectivity index (χ1) is 9.74. The first-order valence-electron chi connectivity index (χ1n) is 6.17. The summed E-state index contributed by atoms with van der Waals surface area (Å²) in [6.45, 7) is 5.21. The van der Waals surface area contributed by atoms with Gasteiger partial charge in [-0.3, -0.25) is 10.1 Å². The Morgan fingerprint density at radius 3 is 3.10 bits per heavy atom. The quantitative estimate of drug-likeness (QED) is 0.350. The Hall–Kier alpha value is -1.99. The van der Waals surface area contributed by atoms with Crippen molar-refractivity contribution in [2.75, 3.05) is 25.1 Å². The fraction of sp³-hybridized carbons (Fsp3) is 0.308. The van der Waals surface area contributed by atoms with E-state index in [-0.39, 0.29) is 5.69 Å². The maximum Gasteiger partial charge on any atom is 0.319 e. The summed E-state index contributed by atoms with van der Waals surface area (Å²) < 4.78 is 6.16. The van der Waals surface area contributed by atoms with E-state index >= 15 is 0 Å². The zero-order valence-corrected chi connectivity index (χ0v) is 11.7. The number of hydrogen-bond acceptors (Lipinski definition) is 6. The van der Waals surface area contributed by atoms with Gasteiger partial charge in [0.15, 0.2) is 5.52 Å². The standard InChI is InChI=1S/C13H15N3O3S/c1-2-3-7-19-8-6-14-10-4-5-11-12(15-9-20-11)13(10)16(17)18/h2,4-5,9,14H,1,3,6-8H2. The molecule has 6 nitrogen and oxygen atoms in total. The van der Waals surface area contributed by atoms with Gasteiger partial charge in [0.05, 0.1) is 28.3 Å². The van der Waals surface area contributed by atoms with Crippen LogP contribution in [0.15, 0.2) is 30.3 Å². The molecule has 7 heteroatoms. The molecule has 0 saturated heterocycles. The third-order valence-electron chi connectivity index (χ3n) is 2.69. The number of rotatable bonds is 8. The third kappa shape index (κ3) is 3.31. The first-order valence-corrected chi connectivity index (χ1v) is 7.05. The molecule has 1 N–H and O–H groups in total. The van der Waals surface area contributed by atoms with Crippen molar-refractivity contribution in [1.82, 2.24) is 4.98 Å². The van der Waals surface area contributed by atoms with E-state index in [2.05, 4.69) is 16.9 Å². The highest BCUT2D eigenvalue weighted by atomic mass is 32.1. The summed E-state index contributed by atoms with van der Waals surface area (Å²) >= 11 is 1.39. The molecule has 0 radical (unpaired) electrons. The van der Waals surface area contributed by atoms with E-state index < -0.39 is 4.92 Å². The topological polar surface area (TPSA) is 77.3 Å². The van der Waals surface area contributed by atoms with Gasteiger partial charge in [-0.05, 0) is 18.6 Å². The SMILES string of the molecule is C=CCCOCCNc1ccc2scnc2c1[N+](=O)[O-]. The summed E-state index contributed by atoms with van der Waals surface area (Å²) in [6, 6.07) is 3.54. The molecule has 20 heavy (non-hydrogen) atoms. The van der Waals surface area contributed by atoms with Gasteiger partial charge >= 0.3 is 5.69 Å². The van der Waals surface area contributed by atoms with E-state index in [1.54, 1.807) is 17.7 Å². The van der Waals surface area contributed by atoms with Crippen molar-refractivity contribution in [2.24, 2.45) is 0 Å². The molecule has 0 aliphatic rings. The lowest BCUT2D eigenvalue weighted by atomic mass is 10.2. The lowest BCUT2D eigenvalue weighted by Gasteiger charge is -2.07. The summed E-state index contributed by atoms with van der Waals surface area (Å²) in [5.74, 6) is 0. The zero-order chi connectivity index (χ0) is 14.4. The van der Waals surface area contributed by atoms with Gasteiger partial charge < -0.3 is 10.1 Å². The number of benzene rings is 1. The average molecular weight is 293 g/mol. The van der Waals surface area contributed by atoms with Gasteiger partial charge in [-0.1, -0.05) is 6.08 Å². The molecule has 0 aliphatic carbocycles. The van der Waals surface area contributed by atoms with Crippen LogP contribution in [0.1, 0.15) is 6.42 Å². The number of thiazole rings is 1. The summed E-state index contributed by atoms with van der Waals surface area (Å²) in [5, 5.41) is 14.2. The lowest BCUT2D eigenvalue weighted by Crippen LogP contribution is -2.11. The van der Waals surface area contributed by atoms with Crippen LogP contribution in [-0.2, 0) is 4.74 Å². The van der Waals surface area contributed by atoms with Crippen molar-refractivity contribution in [3.05, 3.63) is 40.4 Å². The molecule has 0 atom stereocenters.